The Kier molecular flexibility index (Phi) is 4.27. The molecule has 0 aromatic heterocycles. The van der Waals surface area contributed by atoms with E-state index in [2.05, 4.69) is 36.4 Å². The highest BCUT2D eigenvalue weighted by Crippen LogP contribution is 2.25. The third kappa shape index (κ3) is 2.69. The van der Waals surface area contributed by atoms with E-state index in [9.17, 15) is 4.79 Å². The third-order valence-electron chi connectivity index (χ3n) is 3.67. The zero-order chi connectivity index (χ0) is 13.3. The SMILES string of the molecule is Cc1ccc(C(=O)N2CC(CN)CC2C)cc1I. The molecule has 1 saturated heterocycles. The lowest BCUT2D eigenvalue weighted by molar-refractivity contribution is 0.0743. The third-order valence-corrected chi connectivity index (χ3v) is 4.84. The number of carbonyl (C=O) groups is 1. The summed E-state index contributed by atoms with van der Waals surface area (Å²) in [6.45, 7) is 5.62. The van der Waals surface area contributed by atoms with Crippen LogP contribution in [0.3, 0.4) is 0 Å². The molecule has 1 amide bonds. The summed E-state index contributed by atoms with van der Waals surface area (Å²) in [5, 5.41) is 0. The van der Waals surface area contributed by atoms with Gasteiger partial charge in [0.2, 0.25) is 0 Å². The fourth-order valence-corrected chi connectivity index (χ4v) is 3.00. The number of hydrogen-bond acceptors (Lipinski definition) is 2. The predicted molar refractivity (Wildman–Crippen MR) is 81.6 cm³/mol. The fourth-order valence-electron chi connectivity index (χ4n) is 2.49. The van der Waals surface area contributed by atoms with Crippen LogP contribution in [0.5, 0.6) is 0 Å². The molecule has 1 aliphatic rings. The van der Waals surface area contributed by atoms with Crippen molar-refractivity contribution in [3.63, 3.8) is 0 Å². The standard InChI is InChI=1S/C14H19IN2O/c1-9-3-4-12(6-13(9)15)14(18)17-8-11(7-16)5-10(17)2/h3-4,6,10-11H,5,7-8,16H2,1-2H3. The Hall–Kier alpha value is -0.620. The topological polar surface area (TPSA) is 46.3 Å². The Morgan fingerprint density at radius 3 is 2.83 bits per heavy atom. The Bertz CT molecular complexity index is 461. The summed E-state index contributed by atoms with van der Waals surface area (Å²) in [6.07, 6.45) is 1.02. The molecule has 1 aromatic rings. The van der Waals surface area contributed by atoms with Crippen molar-refractivity contribution in [3.05, 3.63) is 32.9 Å². The van der Waals surface area contributed by atoms with E-state index >= 15 is 0 Å². The number of aryl methyl sites for hydroxylation is 1. The van der Waals surface area contributed by atoms with Crippen molar-refractivity contribution in [2.45, 2.75) is 26.3 Å². The van der Waals surface area contributed by atoms with Crippen LogP contribution in [0.1, 0.15) is 29.3 Å². The molecule has 4 heteroatoms. The van der Waals surface area contributed by atoms with Gasteiger partial charge in [0.1, 0.15) is 0 Å². The van der Waals surface area contributed by atoms with Crippen LogP contribution in [0, 0.1) is 16.4 Å². The fraction of sp³-hybridized carbons (Fsp3) is 0.500. The summed E-state index contributed by atoms with van der Waals surface area (Å²) in [4.78, 5) is 14.4. The van der Waals surface area contributed by atoms with Crippen LogP contribution in [0.15, 0.2) is 18.2 Å². The van der Waals surface area contributed by atoms with Crippen LogP contribution < -0.4 is 5.73 Å². The van der Waals surface area contributed by atoms with Gasteiger partial charge in [-0.25, -0.2) is 0 Å². The lowest BCUT2D eigenvalue weighted by Crippen LogP contribution is -2.34. The molecule has 3 nitrogen and oxygen atoms in total. The molecule has 1 fully saturated rings. The number of carbonyl (C=O) groups excluding carboxylic acids is 1. The zero-order valence-electron chi connectivity index (χ0n) is 10.8. The molecule has 1 aromatic carbocycles. The summed E-state index contributed by atoms with van der Waals surface area (Å²) >= 11 is 2.27. The van der Waals surface area contributed by atoms with Gasteiger partial charge in [-0.2, -0.15) is 0 Å². The lowest BCUT2D eigenvalue weighted by Gasteiger charge is -2.21. The van der Waals surface area contributed by atoms with Gasteiger partial charge in [0, 0.05) is 21.7 Å². The van der Waals surface area contributed by atoms with Crippen molar-refractivity contribution < 1.29 is 4.79 Å². The summed E-state index contributed by atoms with van der Waals surface area (Å²) in [6, 6.07) is 6.20. The number of hydrogen-bond donors (Lipinski definition) is 1. The van der Waals surface area contributed by atoms with Crippen LogP contribution in [-0.4, -0.2) is 29.9 Å². The Morgan fingerprint density at radius 1 is 1.56 bits per heavy atom. The maximum Gasteiger partial charge on any atom is 0.254 e. The van der Waals surface area contributed by atoms with E-state index in [4.69, 9.17) is 5.73 Å². The molecule has 1 aliphatic heterocycles. The second kappa shape index (κ2) is 5.57. The first-order chi connectivity index (χ1) is 8.52. The largest absolute Gasteiger partial charge is 0.336 e. The number of nitrogens with zero attached hydrogens (tertiary/aromatic N) is 1. The van der Waals surface area contributed by atoms with Crippen LogP contribution >= 0.6 is 22.6 Å². The van der Waals surface area contributed by atoms with Crippen molar-refractivity contribution in [2.75, 3.05) is 13.1 Å². The van der Waals surface area contributed by atoms with E-state index in [0.717, 1.165) is 22.1 Å². The van der Waals surface area contributed by atoms with Crippen molar-refractivity contribution in [2.24, 2.45) is 11.7 Å². The van der Waals surface area contributed by atoms with Gasteiger partial charge in [-0.3, -0.25) is 4.79 Å². The molecular weight excluding hydrogens is 339 g/mol. The molecule has 0 aliphatic carbocycles. The molecule has 2 N–H and O–H groups in total. The minimum Gasteiger partial charge on any atom is -0.336 e. The number of nitrogens with two attached hydrogens (primary N) is 1. The van der Waals surface area contributed by atoms with Crippen molar-refractivity contribution in [3.8, 4) is 0 Å². The molecule has 0 radical (unpaired) electrons. The van der Waals surface area contributed by atoms with Gasteiger partial charge in [0.05, 0.1) is 0 Å². The molecular formula is C14H19IN2O. The molecule has 98 valence electrons. The maximum absolute atomic E-state index is 12.5. The Morgan fingerprint density at radius 2 is 2.28 bits per heavy atom. The molecule has 2 atom stereocenters. The highest BCUT2D eigenvalue weighted by Gasteiger charge is 2.32. The molecule has 0 bridgehead atoms. The first-order valence-electron chi connectivity index (χ1n) is 6.30. The van der Waals surface area contributed by atoms with E-state index in [1.807, 2.05) is 23.1 Å². The van der Waals surface area contributed by atoms with E-state index in [1.54, 1.807) is 0 Å². The van der Waals surface area contributed by atoms with E-state index in [1.165, 1.54) is 5.56 Å². The van der Waals surface area contributed by atoms with Crippen molar-refractivity contribution >= 4 is 28.5 Å². The zero-order valence-corrected chi connectivity index (χ0v) is 13.0. The molecule has 1 heterocycles. The van der Waals surface area contributed by atoms with Crippen molar-refractivity contribution in [1.29, 1.82) is 0 Å². The van der Waals surface area contributed by atoms with Gasteiger partial charge in [-0.15, -0.1) is 0 Å². The van der Waals surface area contributed by atoms with Crippen LogP contribution in [0.4, 0.5) is 0 Å². The highest BCUT2D eigenvalue weighted by molar-refractivity contribution is 14.1. The number of rotatable bonds is 2. The lowest BCUT2D eigenvalue weighted by atomic mass is 10.1. The van der Waals surface area contributed by atoms with Crippen LogP contribution in [0.2, 0.25) is 0 Å². The monoisotopic (exact) mass is 358 g/mol. The second-order valence-electron chi connectivity index (χ2n) is 5.11. The summed E-state index contributed by atoms with van der Waals surface area (Å²) in [5.41, 5.74) is 7.70. The smallest absolute Gasteiger partial charge is 0.254 e. The average molecular weight is 358 g/mol. The van der Waals surface area contributed by atoms with Crippen molar-refractivity contribution in [1.82, 2.24) is 4.90 Å². The number of halogens is 1. The van der Waals surface area contributed by atoms with Crippen LogP contribution in [0.25, 0.3) is 0 Å². The van der Waals surface area contributed by atoms with Gasteiger partial charge >= 0.3 is 0 Å². The summed E-state index contributed by atoms with van der Waals surface area (Å²) < 4.78 is 1.14. The van der Waals surface area contributed by atoms with Gasteiger partial charge in [-0.05, 0) is 73.0 Å². The number of benzene rings is 1. The summed E-state index contributed by atoms with van der Waals surface area (Å²) in [7, 11) is 0. The van der Waals surface area contributed by atoms with E-state index in [-0.39, 0.29) is 5.91 Å². The number of amides is 1. The maximum atomic E-state index is 12.5. The van der Waals surface area contributed by atoms with Gasteiger partial charge in [0.15, 0.2) is 0 Å². The average Bonchev–Trinajstić information content (AvgIpc) is 2.73. The molecule has 2 rings (SSSR count). The second-order valence-corrected chi connectivity index (χ2v) is 6.27. The molecule has 2 unspecified atom stereocenters. The molecule has 0 saturated carbocycles. The van der Waals surface area contributed by atoms with E-state index < -0.39 is 0 Å². The first-order valence-corrected chi connectivity index (χ1v) is 7.38. The molecule has 18 heavy (non-hydrogen) atoms. The van der Waals surface area contributed by atoms with Gasteiger partial charge in [-0.1, -0.05) is 6.07 Å². The first kappa shape index (κ1) is 13.8. The number of likely N-dealkylation sites (tertiary alicyclic amines) is 1. The predicted octanol–water partition coefficient (Wildman–Crippen LogP) is 2.41. The van der Waals surface area contributed by atoms with E-state index in [0.29, 0.717) is 18.5 Å². The minimum absolute atomic E-state index is 0.136. The van der Waals surface area contributed by atoms with Crippen LogP contribution in [-0.2, 0) is 0 Å². The quantitative estimate of drug-likeness (QED) is 0.826. The molecule has 0 spiro atoms. The Balaban J connectivity index is 2.18. The minimum atomic E-state index is 0.136. The normalized spacial score (nSPS) is 23.4. The Labute approximate surface area is 122 Å². The van der Waals surface area contributed by atoms with Gasteiger partial charge < -0.3 is 10.6 Å². The summed E-state index contributed by atoms with van der Waals surface area (Å²) in [5.74, 6) is 0.588. The van der Waals surface area contributed by atoms with Gasteiger partial charge in [0.25, 0.3) is 5.91 Å². The highest BCUT2D eigenvalue weighted by atomic mass is 127.